The average Bonchev–Trinajstić information content (AvgIpc) is 3.96. The molecule has 298 valence electrons. The van der Waals surface area contributed by atoms with E-state index < -0.39 is 0 Å². The molecule has 14 rings (SSSR count). The SMILES string of the molecule is C=C1C=C(c2ccccc2)N(C)c2cc3c(cc21)B1c2c(ccc4c5cc6sc7ccccc7c6cc5n-3c24)-c2cc3c(cc2N1c1ccc(C(C)(C)C)cc1)sc1ccccc13. The Kier molecular flexibility index (Phi) is 7.03. The van der Waals surface area contributed by atoms with Crippen LogP contribution < -0.4 is 20.6 Å². The van der Waals surface area contributed by atoms with E-state index in [2.05, 4.69) is 200 Å². The Bertz CT molecular complexity index is 3880. The molecule has 0 saturated carbocycles. The Balaban J connectivity index is 1.13. The summed E-state index contributed by atoms with van der Waals surface area (Å²) in [7, 11) is 2.21. The molecule has 3 aromatic heterocycles. The van der Waals surface area contributed by atoms with Crippen LogP contribution in [-0.2, 0) is 5.41 Å². The number of anilines is 3. The zero-order chi connectivity index (χ0) is 42.0. The maximum absolute atomic E-state index is 4.76. The minimum atomic E-state index is -0.0971. The van der Waals surface area contributed by atoms with Gasteiger partial charge in [-0.3, -0.25) is 0 Å². The van der Waals surface area contributed by atoms with E-state index in [1.54, 1.807) is 0 Å². The molecule has 0 fully saturated rings. The van der Waals surface area contributed by atoms with Gasteiger partial charge in [0.1, 0.15) is 0 Å². The van der Waals surface area contributed by atoms with Crippen LogP contribution >= 0.6 is 22.7 Å². The van der Waals surface area contributed by atoms with Crippen molar-refractivity contribution in [2.45, 2.75) is 26.2 Å². The molecule has 0 atom stereocenters. The molecule has 0 amide bonds. The Morgan fingerprint density at radius 1 is 0.540 bits per heavy atom. The third-order valence-electron chi connectivity index (χ3n) is 14.2. The summed E-state index contributed by atoms with van der Waals surface area (Å²) in [6.45, 7) is 11.6. The maximum Gasteiger partial charge on any atom is 0.333 e. The predicted molar refractivity (Wildman–Crippen MR) is 276 cm³/mol. The van der Waals surface area contributed by atoms with Crippen LogP contribution in [0, 0.1) is 0 Å². The largest absolute Gasteiger partial charge is 0.376 e. The minimum Gasteiger partial charge on any atom is -0.376 e. The zero-order valence-corrected chi connectivity index (χ0v) is 37.1. The maximum atomic E-state index is 4.76. The van der Waals surface area contributed by atoms with E-state index in [-0.39, 0.29) is 12.3 Å². The van der Waals surface area contributed by atoms with E-state index in [4.69, 9.17) is 6.58 Å². The second-order valence-corrected chi connectivity index (χ2v) is 20.8. The summed E-state index contributed by atoms with van der Waals surface area (Å²) in [4.78, 5) is 5.04. The van der Waals surface area contributed by atoms with Crippen molar-refractivity contribution in [3.63, 3.8) is 0 Å². The summed E-state index contributed by atoms with van der Waals surface area (Å²) < 4.78 is 7.92. The van der Waals surface area contributed by atoms with Crippen LogP contribution in [0.3, 0.4) is 0 Å². The van der Waals surface area contributed by atoms with Gasteiger partial charge in [-0.1, -0.05) is 124 Å². The topological polar surface area (TPSA) is 11.4 Å². The average molecular weight is 842 g/mol. The van der Waals surface area contributed by atoms with Crippen LogP contribution in [0.15, 0.2) is 164 Å². The molecule has 0 spiro atoms. The predicted octanol–water partition coefficient (Wildman–Crippen LogP) is 14.6. The van der Waals surface area contributed by atoms with Crippen molar-refractivity contribution in [1.29, 1.82) is 0 Å². The van der Waals surface area contributed by atoms with E-state index in [0.717, 1.165) is 11.3 Å². The molecule has 0 radical (unpaired) electrons. The van der Waals surface area contributed by atoms with Crippen molar-refractivity contribution in [1.82, 2.24) is 4.57 Å². The van der Waals surface area contributed by atoms with Crippen LogP contribution in [-0.4, -0.2) is 18.5 Å². The first-order valence-electron chi connectivity index (χ1n) is 21.9. The van der Waals surface area contributed by atoms with Gasteiger partial charge in [0.25, 0.3) is 0 Å². The Labute approximate surface area is 374 Å². The van der Waals surface area contributed by atoms with Crippen LogP contribution in [0.2, 0.25) is 0 Å². The van der Waals surface area contributed by atoms with Crippen molar-refractivity contribution >= 4 is 131 Å². The van der Waals surface area contributed by atoms with E-state index in [1.165, 1.54) is 124 Å². The normalized spacial score (nSPS) is 14.4. The highest BCUT2D eigenvalue weighted by atomic mass is 32.1. The Morgan fingerprint density at radius 2 is 1.22 bits per heavy atom. The van der Waals surface area contributed by atoms with E-state index in [0.29, 0.717) is 0 Å². The van der Waals surface area contributed by atoms with Gasteiger partial charge < -0.3 is 14.3 Å². The molecule has 0 saturated heterocycles. The van der Waals surface area contributed by atoms with Gasteiger partial charge in [0.2, 0.25) is 0 Å². The summed E-state index contributed by atoms with van der Waals surface area (Å²) in [5, 5.41) is 7.87. The summed E-state index contributed by atoms with van der Waals surface area (Å²) in [6.07, 6.45) is 2.27. The number of nitrogens with zero attached hydrogens (tertiary/aromatic N) is 3. The smallest absolute Gasteiger partial charge is 0.333 e. The fourth-order valence-corrected chi connectivity index (χ4v) is 13.4. The van der Waals surface area contributed by atoms with Gasteiger partial charge in [-0.2, -0.15) is 0 Å². The van der Waals surface area contributed by atoms with Gasteiger partial charge >= 0.3 is 6.85 Å². The number of allylic oxidation sites excluding steroid dienone is 2. The molecule has 6 heterocycles. The molecular formula is C57H40BN3S2. The van der Waals surface area contributed by atoms with Crippen LogP contribution in [0.4, 0.5) is 17.1 Å². The van der Waals surface area contributed by atoms with Gasteiger partial charge in [-0.15, -0.1) is 22.7 Å². The van der Waals surface area contributed by atoms with Crippen LogP contribution in [0.5, 0.6) is 0 Å². The van der Waals surface area contributed by atoms with Crippen LogP contribution in [0.25, 0.3) is 90.2 Å². The van der Waals surface area contributed by atoms with E-state index in [1.807, 2.05) is 22.7 Å². The Hall–Kier alpha value is -6.86. The molecule has 0 bridgehead atoms. The molecular weight excluding hydrogens is 802 g/mol. The van der Waals surface area contributed by atoms with E-state index in [9.17, 15) is 0 Å². The van der Waals surface area contributed by atoms with E-state index >= 15 is 0 Å². The quantitative estimate of drug-likeness (QED) is 0.161. The lowest BCUT2D eigenvalue weighted by Gasteiger charge is -2.43. The summed E-state index contributed by atoms with van der Waals surface area (Å²) in [5.74, 6) is 0. The molecule has 8 aromatic carbocycles. The molecule has 3 nitrogen and oxygen atoms in total. The second-order valence-electron chi connectivity index (χ2n) is 18.7. The molecule has 0 unspecified atom stereocenters. The summed E-state index contributed by atoms with van der Waals surface area (Å²) in [5.41, 5.74) is 18.5. The Morgan fingerprint density at radius 3 is 1.95 bits per heavy atom. The summed E-state index contributed by atoms with van der Waals surface area (Å²) in [6, 6.07) is 57.7. The number of rotatable bonds is 2. The number of hydrogen-bond acceptors (Lipinski definition) is 4. The molecule has 3 aliphatic rings. The van der Waals surface area contributed by atoms with Crippen molar-refractivity contribution in [2.75, 3.05) is 16.8 Å². The highest BCUT2D eigenvalue weighted by Gasteiger charge is 2.45. The van der Waals surface area contributed by atoms with Gasteiger partial charge in [0, 0.05) is 92.1 Å². The number of benzene rings is 8. The fourth-order valence-electron chi connectivity index (χ4n) is 11.2. The fraction of sp³-hybridized carbons (Fsp3) is 0.0877. The van der Waals surface area contributed by atoms with Crippen molar-refractivity contribution in [3.05, 3.63) is 181 Å². The first-order valence-corrected chi connectivity index (χ1v) is 23.5. The number of thiophene rings is 2. The van der Waals surface area contributed by atoms with Gasteiger partial charge in [-0.25, -0.2) is 0 Å². The lowest BCUT2D eigenvalue weighted by atomic mass is 9.43. The van der Waals surface area contributed by atoms with Gasteiger partial charge in [0.05, 0.1) is 16.7 Å². The number of aromatic nitrogens is 1. The van der Waals surface area contributed by atoms with Crippen LogP contribution in [0.1, 0.15) is 37.5 Å². The molecule has 0 N–H and O–H groups in total. The third kappa shape index (κ3) is 4.80. The standard InChI is InChI=1S/C57H40BN3S2/c1-32-25-46(33-13-7-6-8-14-33)59(5)47-30-50-45(27-40(32)47)58-55-38(23-24-39-42-29-53-44(28-48(42)60(50)56(39)55)37-16-10-12-18-52(37)62-53)41-26-43-36-15-9-11-17-51(36)63-54(43)31-49(41)61(58)35-21-19-34(20-22-35)57(2,3)4/h6-31H,1H2,2-5H3. The van der Waals surface area contributed by atoms with Crippen molar-refractivity contribution in [3.8, 4) is 16.8 Å². The number of hydrogen-bond donors (Lipinski definition) is 0. The zero-order valence-electron chi connectivity index (χ0n) is 35.5. The van der Waals surface area contributed by atoms with Gasteiger partial charge in [-0.05, 0) is 99.3 Å². The highest BCUT2D eigenvalue weighted by Crippen LogP contribution is 2.51. The molecule has 63 heavy (non-hydrogen) atoms. The third-order valence-corrected chi connectivity index (χ3v) is 16.5. The molecule has 11 aromatic rings. The van der Waals surface area contributed by atoms with Gasteiger partial charge in [0.15, 0.2) is 0 Å². The number of fused-ring (bicyclic) bond motifs is 15. The second kappa shape index (κ2) is 12.4. The molecule has 3 aliphatic heterocycles. The van der Waals surface area contributed by atoms with Crippen molar-refractivity contribution in [2.24, 2.45) is 0 Å². The minimum absolute atomic E-state index is 0.0371. The first-order chi connectivity index (χ1) is 30.7. The first kappa shape index (κ1) is 35.7. The lowest BCUT2D eigenvalue weighted by molar-refractivity contribution is 0.590. The van der Waals surface area contributed by atoms with Crippen molar-refractivity contribution < 1.29 is 0 Å². The molecule has 0 aliphatic carbocycles. The lowest BCUT2D eigenvalue weighted by Crippen LogP contribution is -2.60. The monoisotopic (exact) mass is 841 g/mol. The summed E-state index contributed by atoms with van der Waals surface area (Å²) >= 11 is 3.80. The highest BCUT2D eigenvalue weighted by molar-refractivity contribution is 7.26. The molecule has 6 heteroatoms.